The van der Waals surface area contributed by atoms with E-state index in [1.54, 1.807) is 6.07 Å². The van der Waals surface area contributed by atoms with Gasteiger partial charge in [-0.3, -0.25) is 4.79 Å². The van der Waals surface area contributed by atoms with Crippen LogP contribution in [-0.2, 0) is 11.3 Å². The second-order valence-corrected chi connectivity index (χ2v) is 6.85. The Morgan fingerprint density at radius 2 is 2.19 bits per heavy atom. The van der Waals surface area contributed by atoms with Crippen molar-refractivity contribution in [3.05, 3.63) is 33.8 Å². The van der Waals surface area contributed by atoms with Crippen molar-refractivity contribution in [3.63, 3.8) is 0 Å². The lowest BCUT2D eigenvalue weighted by Crippen LogP contribution is -2.41. The number of carbonyl (C=O) groups excluding carboxylic acids is 1. The molecule has 1 amide bonds. The molecule has 3 nitrogen and oxygen atoms in total. The number of rotatable bonds is 5. The Balaban J connectivity index is 2.16. The Hall–Kier alpha value is -0.770. The van der Waals surface area contributed by atoms with Crippen molar-refractivity contribution in [1.29, 1.82) is 0 Å². The zero-order valence-corrected chi connectivity index (χ0v) is 14.0. The fraction of sp³-hybridized carbons (Fsp3) is 0.562. The number of nitrogens with zero attached hydrogens (tertiary/aromatic N) is 1. The van der Waals surface area contributed by atoms with Gasteiger partial charge in [-0.25, -0.2) is 0 Å². The molecule has 21 heavy (non-hydrogen) atoms. The van der Waals surface area contributed by atoms with Gasteiger partial charge < -0.3 is 10.2 Å². The molecule has 1 heterocycles. The second kappa shape index (κ2) is 7.48. The van der Waals surface area contributed by atoms with Gasteiger partial charge in [0.1, 0.15) is 0 Å². The number of benzene rings is 1. The molecule has 0 aromatic heterocycles. The topological polar surface area (TPSA) is 32.3 Å². The average Bonchev–Trinajstić information content (AvgIpc) is 2.90. The van der Waals surface area contributed by atoms with Crippen molar-refractivity contribution in [2.45, 2.75) is 39.3 Å². The van der Waals surface area contributed by atoms with Gasteiger partial charge in [-0.15, -0.1) is 0 Å². The van der Waals surface area contributed by atoms with Crippen LogP contribution in [0.25, 0.3) is 0 Å². The highest BCUT2D eigenvalue weighted by atomic mass is 35.5. The molecule has 0 aliphatic carbocycles. The van der Waals surface area contributed by atoms with E-state index in [9.17, 15) is 4.79 Å². The Morgan fingerprint density at radius 3 is 2.76 bits per heavy atom. The molecule has 1 aromatic rings. The summed E-state index contributed by atoms with van der Waals surface area (Å²) in [6, 6.07) is 5.71. The average molecular weight is 329 g/mol. The maximum Gasteiger partial charge on any atom is 0.223 e. The number of nitrogens with one attached hydrogen (secondary N) is 1. The molecule has 1 aliphatic heterocycles. The summed E-state index contributed by atoms with van der Waals surface area (Å²) < 4.78 is 0. The van der Waals surface area contributed by atoms with Crippen LogP contribution >= 0.6 is 23.2 Å². The zero-order valence-electron chi connectivity index (χ0n) is 12.5. The molecular weight excluding hydrogens is 307 g/mol. The smallest absolute Gasteiger partial charge is 0.223 e. The number of hydrogen-bond acceptors (Lipinski definition) is 2. The molecule has 0 unspecified atom stereocenters. The fourth-order valence-corrected chi connectivity index (χ4v) is 3.09. The quantitative estimate of drug-likeness (QED) is 0.893. The normalized spacial score (nSPS) is 18.2. The van der Waals surface area contributed by atoms with Crippen LogP contribution in [0.3, 0.4) is 0 Å². The standard InChI is InChI=1S/C16H22Cl2N2O/c1-11(2)7-16(21)20(14-5-6-19-9-14)10-12-3-4-13(17)8-15(12)18/h3-4,8,11,14,19H,5-7,9-10H2,1-2H3/t14-/m0/s1. The van der Waals surface area contributed by atoms with Crippen LogP contribution < -0.4 is 5.32 Å². The first-order valence-corrected chi connectivity index (χ1v) is 8.17. The predicted octanol–water partition coefficient (Wildman–Crippen LogP) is 3.73. The molecule has 5 heteroatoms. The van der Waals surface area contributed by atoms with E-state index >= 15 is 0 Å². The molecule has 1 aromatic carbocycles. The summed E-state index contributed by atoms with van der Waals surface area (Å²) in [5.74, 6) is 0.555. The first-order chi connectivity index (χ1) is 9.97. The van der Waals surface area contributed by atoms with Crippen molar-refractivity contribution in [3.8, 4) is 0 Å². The number of amides is 1. The van der Waals surface area contributed by atoms with Crippen molar-refractivity contribution in [2.24, 2.45) is 5.92 Å². The third kappa shape index (κ3) is 4.60. The van der Waals surface area contributed by atoms with E-state index in [-0.39, 0.29) is 11.9 Å². The van der Waals surface area contributed by atoms with E-state index in [0.29, 0.717) is 28.9 Å². The third-order valence-corrected chi connectivity index (χ3v) is 4.32. The Bertz CT molecular complexity index is 499. The van der Waals surface area contributed by atoms with Crippen molar-refractivity contribution < 1.29 is 4.79 Å². The Morgan fingerprint density at radius 1 is 1.43 bits per heavy atom. The fourth-order valence-electron chi connectivity index (χ4n) is 2.63. The molecule has 1 atom stereocenters. The van der Waals surface area contributed by atoms with E-state index in [2.05, 4.69) is 19.2 Å². The van der Waals surface area contributed by atoms with Gasteiger partial charge in [-0.2, -0.15) is 0 Å². The summed E-state index contributed by atoms with van der Waals surface area (Å²) >= 11 is 12.2. The lowest BCUT2D eigenvalue weighted by molar-refractivity contribution is -0.134. The molecule has 1 fully saturated rings. The first kappa shape index (κ1) is 16.6. The number of carbonyl (C=O) groups is 1. The summed E-state index contributed by atoms with van der Waals surface area (Å²) in [6.45, 7) is 6.50. The highest BCUT2D eigenvalue weighted by Gasteiger charge is 2.27. The van der Waals surface area contributed by atoms with Gasteiger partial charge in [0.05, 0.1) is 0 Å². The van der Waals surface area contributed by atoms with Gasteiger partial charge in [0.25, 0.3) is 0 Å². The van der Waals surface area contributed by atoms with Crippen LogP contribution in [0.5, 0.6) is 0 Å². The van der Waals surface area contributed by atoms with Crippen molar-refractivity contribution >= 4 is 29.1 Å². The van der Waals surface area contributed by atoms with Crippen LogP contribution in [0.4, 0.5) is 0 Å². The van der Waals surface area contributed by atoms with Gasteiger partial charge in [0, 0.05) is 35.6 Å². The molecule has 116 valence electrons. The molecule has 1 saturated heterocycles. The minimum Gasteiger partial charge on any atom is -0.334 e. The molecule has 0 saturated carbocycles. The number of hydrogen-bond donors (Lipinski definition) is 1. The molecule has 0 spiro atoms. The maximum atomic E-state index is 12.6. The van der Waals surface area contributed by atoms with Gasteiger partial charge >= 0.3 is 0 Å². The Kier molecular flexibility index (Phi) is 5.91. The van der Waals surface area contributed by atoms with Gasteiger partial charge in [0.15, 0.2) is 0 Å². The zero-order chi connectivity index (χ0) is 15.4. The van der Waals surface area contributed by atoms with Crippen LogP contribution in [0, 0.1) is 5.92 Å². The van der Waals surface area contributed by atoms with Gasteiger partial charge in [-0.05, 0) is 36.6 Å². The van der Waals surface area contributed by atoms with Gasteiger partial charge in [0.2, 0.25) is 5.91 Å². The molecule has 2 rings (SSSR count). The summed E-state index contributed by atoms with van der Waals surface area (Å²) in [6.07, 6.45) is 1.57. The molecule has 0 bridgehead atoms. The second-order valence-electron chi connectivity index (χ2n) is 6.00. The lowest BCUT2D eigenvalue weighted by atomic mass is 10.1. The highest BCUT2D eigenvalue weighted by Crippen LogP contribution is 2.24. The van der Waals surface area contributed by atoms with Crippen molar-refractivity contribution in [2.75, 3.05) is 13.1 Å². The minimum atomic E-state index is 0.199. The highest BCUT2D eigenvalue weighted by molar-refractivity contribution is 6.35. The van der Waals surface area contributed by atoms with E-state index in [4.69, 9.17) is 23.2 Å². The van der Waals surface area contributed by atoms with E-state index in [1.165, 1.54) is 0 Å². The third-order valence-electron chi connectivity index (χ3n) is 3.73. The van der Waals surface area contributed by atoms with E-state index < -0.39 is 0 Å². The predicted molar refractivity (Wildman–Crippen MR) is 87.7 cm³/mol. The maximum absolute atomic E-state index is 12.6. The van der Waals surface area contributed by atoms with Gasteiger partial charge in [-0.1, -0.05) is 43.1 Å². The molecule has 1 N–H and O–H groups in total. The SMILES string of the molecule is CC(C)CC(=O)N(Cc1ccc(Cl)cc1Cl)[C@H]1CCNC1. The summed E-state index contributed by atoms with van der Waals surface area (Å²) in [5.41, 5.74) is 0.949. The molecular formula is C16H22Cl2N2O. The van der Waals surface area contributed by atoms with E-state index in [0.717, 1.165) is 25.1 Å². The van der Waals surface area contributed by atoms with Crippen molar-refractivity contribution in [1.82, 2.24) is 10.2 Å². The summed E-state index contributed by atoms with van der Waals surface area (Å²) in [7, 11) is 0. The van der Waals surface area contributed by atoms with Crippen LogP contribution in [0.2, 0.25) is 10.0 Å². The summed E-state index contributed by atoms with van der Waals surface area (Å²) in [5, 5.41) is 4.56. The largest absolute Gasteiger partial charge is 0.334 e. The van der Waals surface area contributed by atoms with E-state index in [1.807, 2.05) is 17.0 Å². The lowest BCUT2D eigenvalue weighted by Gasteiger charge is -2.30. The minimum absolute atomic E-state index is 0.199. The Labute approximate surface area is 136 Å². The first-order valence-electron chi connectivity index (χ1n) is 7.41. The molecule has 1 aliphatic rings. The van der Waals surface area contributed by atoms with Crippen LogP contribution in [-0.4, -0.2) is 29.9 Å². The monoisotopic (exact) mass is 328 g/mol. The summed E-state index contributed by atoms with van der Waals surface area (Å²) in [4.78, 5) is 14.5. The number of halogens is 2. The van der Waals surface area contributed by atoms with Crippen LogP contribution in [0.1, 0.15) is 32.3 Å². The van der Waals surface area contributed by atoms with Crippen LogP contribution in [0.15, 0.2) is 18.2 Å². The molecule has 0 radical (unpaired) electrons.